The molecule has 0 bridgehead atoms. The van der Waals surface area contributed by atoms with Crippen LogP contribution in [0.4, 0.5) is 19.0 Å². The molecule has 0 unspecified atom stereocenters. The number of anilines is 1. The number of halogens is 3. The standard InChI is InChI=1S/C24H21F3N4O/c1-15-10-20-19(29-23(15)30-22(32)12-17-6-4-3-5-7-17)11-16(2)31(20)14-18-8-9-21(28-13-18)24(25,26)27/h3-11,13H,12,14H2,1-2H3,(H,29,30,32). The number of hydrogen-bond acceptors (Lipinski definition) is 3. The number of pyridine rings is 2. The number of benzene rings is 1. The molecule has 0 radical (unpaired) electrons. The van der Waals surface area contributed by atoms with Crippen LogP contribution in [0.3, 0.4) is 0 Å². The Balaban J connectivity index is 1.56. The first-order chi connectivity index (χ1) is 15.2. The topological polar surface area (TPSA) is 59.8 Å². The van der Waals surface area contributed by atoms with Crippen LogP contribution in [0.5, 0.6) is 0 Å². The molecular weight excluding hydrogens is 417 g/mol. The van der Waals surface area contributed by atoms with Crippen molar-refractivity contribution >= 4 is 22.8 Å². The molecule has 1 aromatic carbocycles. The Labute approximate surface area is 182 Å². The van der Waals surface area contributed by atoms with E-state index in [1.165, 1.54) is 12.3 Å². The van der Waals surface area contributed by atoms with Crippen LogP contribution in [-0.2, 0) is 23.9 Å². The first-order valence-electron chi connectivity index (χ1n) is 10.0. The number of aryl methyl sites for hydroxylation is 2. The van der Waals surface area contributed by atoms with Crippen LogP contribution >= 0.6 is 0 Å². The second-order valence-electron chi connectivity index (χ2n) is 7.69. The monoisotopic (exact) mass is 438 g/mol. The van der Waals surface area contributed by atoms with Crippen LogP contribution in [-0.4, -0.2) is 20.4 Å². The quantitative estimate of drug-likeness (QED) is 0.460. The Morgan fingerprint density at radius 1 is 1.03 bits per heavy atom. The summed E-state index contributed by atoms with van der Waals surface area (Å²) in [6.07, 6.45) is -2.97. The van der Waals surface area contributed by atoms with E-state index in [1.807, 2.05) is 60.9 Å². The van der Waals surface area contributed by atoms with Gasteiger partial charge >= 0.3 is 6.18 Å². The lowest BCUT2D eigenvalue weighted by molar-refractivity contribution is -0.141. The van der Waals surface area contributed by atoms with E-state index in [4.69, 9.17) is 0 Å². The van der Waals surface area contributed by atoms with E-state index >= 15 is 0 Å². The fourth-order valence-corrected chi connectivity index (χ4v) is 3.56. The molecule has 0 spiro atoms. The lowest BCUT2D eigenvalue weighted by atomic mass is 10.1. The van der Waals surface area contributed by atoms with Crippen molar-refractivity contribution in [2.45, 2.75) is 33.0 Å². The number of nitrogens with zero attached hydrogens (tertiary/aromatic N) is 3. The molecule has 0 saturated heterocycles. The highest BCUT2D eigenvalue weighted by Gasteiger charge is 2.32. The summed E-state index contributed by atoms with van der Waals surface area (Å²) in [5, 5.41) is 2.87. The van der Waals surface area contributed by atoms with Crippen LogP contribution in [0, 0.1) is 13.8 Å². The average molecular weight is 438 g/mol. The van der Waals surface area contributed by atoms with Gasteiger partial charge in [0.05, 0.1) is 17.5 Å². The van der Waals surface area contributed by atoms with E-state index in [0.717, 1.165) is 28.4 Å². The third-order valence-corrected chi connectivity index (χ3v) is 5.20. The second-order valence-corrected chi connectivity index (χ2v) is 7.69. The first kappa shape index (κ1) is 21.5. The molecule has 1 amide bonds. The van der Waals surface area contributed by atoms with Crippen molar-refractivity contribution in [2.75, 3.05) is 5.32 Å². The predicted molar refractivity (Wildman–Crippen MR) is 116 cm³/mol. The molecule has 0 atom stereocenters. The highest BCUT2D eigenvalue weighted by atomic mass is 19.4. The number of nitrogens with one attached hydrogen (secondary N) is 1. The van der Waals surface area contributed by atoms with Crippen molar-refractivity contribution in [3.63, 3.8) is 0 Å². The average Bonchev–Trinajstić information content (AvgIpc) is 3.03. The van der Waals surface area contributed by atoms with Gasteiger partial charge in [0.1, 0.15) is 11.5 Å². The number of fused-ring (bicyclic) bond motifs is 1. The highest BCUT2D eigenvalue weighted by molar-refractivity contribution is 5.93. The van der Waals surface area contributed by atoms with Gasteiger partial charge in [-0.15, -0.1) is 0 Å². The number of rotatable bonds is 5. The first-order valence-corrected chi connectivity index (χ1v) is 10.0. The van der Waals surface area contributed by atoms with Crippen molar-refractivity contribution < 1.29 is 18.0 Å². The van der Waals surface area contributed by atoms with Crippen molar-refractivity contribution in [1.82, 2.24) is 14.5 Å². The predicted octanol–water partition coefficient (Wildman–Crippen LogP) is 5.30. The molecule has 4 rings (SSSR count). The molecule has 1 N–H and O–H groups in total. The van der Waals surface area contributed by atoms with Crippen LogP contribution < -0.4 is 5.32 Å². The molecule has 5 nitrogen and oxygen atoms in total. The summed E-state index contributed by atoms with van der Waals surface area (Å²) in [6, 6.07) is 15.7. The zero-order valence-corrected chi connectivity index (χ0v) is 17.6. The maximum absolute atomic E-state index is 12.8. The molecular formula is C24H21F3N4O. The minimum absolute atomic E-state index is 0.155. The van der Waals surface area contributed by atoms with Crippen LogP contribution in [0.2, 0.25) is 0 Å². The van der Waals surface area contributed by atoms with Crippen molar-refractivity contribution in [3.05, 3.63) is 88.9 Å². The number of carbonyl (C=O) groups is 1. The number of hydrogen-bond donors (Lipinski definition) is 1. The van der Waals surface area contributed by atoms with Crippen molar-refractivity contribution in [2.24, 2.45) is 0 Å². The van der Waals surface area contributed by atoms with Gasteiger partial charge in [-0.05, 0) is 48.7 Å². The molecule has 8 heteroatoms. The fraction of sp³-hybridized carbons (Fsp3) is 0.208. The zero-order valence-electron chi connectivity index (χ0n) is 17.6. The second kappa shape index (κ2) is 8.45. The summed E-state index contributed by atoms with van der Waals surface area (Å²) in [7, 11) is 0. The van der Waals surface area contributed by atoms with Crippen LogP contribution in [0.25, 0.3) is 11.0 Å². The van der Waals surface area contributed by atoms with Gasteiger partial charge in [-0.1, -0.05) is 36.4 Å². The molecule has 4 aromatic rings. The minimum Gasteiger partial charge on any atom is -0.339 e. The minimum atomic E-state index is -4.46. The molecule has 164 valence electrons. The molecule has 0 aliphatic heterocycles. The van der Waals surface area contributed by atoms with Gasteiger partial charge < -0.3 is 9.88 Å². The Morgan fingerprint density at radius 3 is 2.44 bits per heavy atom. The largest absolute Gasteiger partial charge is 0.433 e. The van der Waals surface area contributed by atoms with E-state index in [0.29, 0.717) is 23.4 Å². The fourth-order valence-electron chi connectivity index (χ4n) is 3.56. The summed E-state index contributed by atoms with van der Waals surface area (Å²) in [5.41, 5.74) is 3.88. The summed E-state index contributed by atoms with van der Waals surface area (Å²) < 4.78 is 40.2. The molecule has 3 aromatic heterocycles. The molecule has 3 heterocycles. The number of alkyl halides is 3. The van der Waals surface area contributed by atoms with Gasteiger partial charge in [0, 0.05) is 18.4 Å². The van der Waals surface area contributed by atoms with Gasteiger partial charge in [0.15, 0.2) is 0 Å². The smallest absolute Gasteiger partial charge is 0.339 e. The normalized spacial score (nSPS) is 11.7. The Hall–Kier alpha value is -3.68. The Bertz CT molecular complexity index is 1260. The number of amides is 1. The lowest BCUT2D eigenvalue weighted by Gasteiger charge is -2.12. The third-order valence-electron chi connectivity index (χ3n) is 5.20. The highest BCUT2D eigenvalue weighted by Crippen LogP contribution is 2.28. The lowest BCUT2D eigenvalue weighted by Crippen LogP contribution is -2.16. The van der Waals surface area contributed by atoms with Crippen molar-refractivity contribution in [3.8, 4) is 0 Å². The van der Waals surface area contributed by atoms with Crippen molar-refractivity contribution in [1.29, 1.82) is 0 Å². The number of aromatic nitrogens is 3. The van der Waals surface area contributed by atoms with Gasteiger partial charge in [-0.3, -0.25) is 9.78 Å². The van der Waals surface area contributed by atoms with Crippen LogP contribution in [0.1, 0.15) is 28.1 Å². The SMILES string of the molecule is Cc1cc2c(cc(C)n2Cc2ccc(C(F)(F)F)nc2)nc1NC(=O)Cc1ccccc1. The van der Waals surface area contributed by atoms with E-state index in [-0.39, 0.29) is 12.3 Å². The summed E-state index contributed by atoms with van der Waals surface area (Å²) >= 11 is 0. The Kier molecular flexibility index (Phi) is 5.69. The number of carbonyl (C=O) groups excluding carboxylic acids is 1. The summed E-state index contributed by atoms with van der Waals surface area (Å²) in [5.74, 6) is 0.338. The molecule has 0 saturated carbocycles. The molecule has 32 heavy (non-hydrogen) atoms. The maximum Gasteiger partial charge on any atom is 0.433 e. The van der Waals surface area contributed by atoms with Gasteiger partial charge in [-0.2, -0.15) is 13.2 Å². The van der Waals surface area contributed by atoms with E-state index in [2.05, 4.69) is 15.3 Å². The maximum atomic E-state index is 12.8. The molecule has 0 fully saturated rings. The van der Waals surface area contributed by atoms with E-state index in [9.17, 15) is 18.0 Å². The molecule has 0 aliphatic carbocycles. The molecule has 0 aliphatic rings. The third kappa shape index (κ3) is 4.64. The van der Waals surface area contributed by atoms with Gasteiger partial charge in [0.2, 0.25) is 5.91 Å². The summed E-state index contributed by atoms with van der Waals surface area (Å²) in [4.78, 5) is 20.6. The summed E-state index contributed by atoms with van der Waals surface area (Å²) in [6.45, 7) is 4.13. The Morgan fingerprint density at radius 2 is 1.78 bits per heavy atom. The van der Waals surface area contributed by atoms with Gasteiger partial charge in [0.25, 0.3) is 0 Å². The van der Waals surface area contributed by atoms with Gasteiger partial charge in [-0.25, -0.2) is 4.98 Å². The van der Waals surface area contributed by atoms with E-state index in [1.54, 1.807) is 0 Å². The van der Waals surface area contributed by atoms with E-state index < -0.39 is 11.9 Å². The van der Waals surface area contributed by atoms with Crippen LogP contribution in [0.15, 0.2) is 60.8 Å². The zero-order chi connectivity index (χ0) is 22.9.